The summed E-state index contributed by atoms with van der Waals surface area (Å²) in [4.78, 5) is 14.5. The van der Waals surface area contributed by atoms with Crippen LogP contribution in [0.25, 0.3) is 11.5 Å². The molecular weight excluding hydrogens is 433 g/mol. The Balaban J connectivity index is 1.69. The van der Waals surface area contributed by atoms with E-state index in [0.29, 0.717) is 45.3 Å². The summed E-state index contributed by atoms with van der Waals surface area (Å²) in [5.74, 6) is 0.642. The second-order valence-corrected chi connectivity index (χ2v) is 8.00. The molecule has 1 aromatic heterocycles. The number of aryl methyl sites for hydroxylation is 1. The van der Waals surface area contributed by atoms with Crippen LogP contribution in [0.2, 0.25) is 15.1 Å². The van der Waals surface area contributed by atoms with E-state index in [1.54, 1.807) is 23.1 Å². The van der Waals surface area contributed by atoms with Crippen LogP contribution in [-0.4, -0.2) is 27.0 Å². The Morgan fingerprint density at radius 1 is 1.03 bits per heavy atom. The normalized spacial score (nSPS) is 11.1. The third-order valence-corrected chi connectivity index (χ3v) is 5.65. The maximum absolute atomic E-state index is 12.8. The number of aromatic nitrogens is 2. The summed E-state index contributed by atoms with van der Waals surface area (Å²) in [6.45, 7) is 4.10. The average molecular weight is 453 g/mol. The minimum absolute atomic E-state index is 0.0338. The molecule has 0 aliphatic rings. The van der Waals surface area contributed by atoms with Crippen LogP contribution in [-0.2, 0) is 17.8 Å². The van der Waals surface area contributed by atoms with Crippen LogP contribution in [0.1, 0.15) is 31.7 Å². The highest BCUT2D eigenvalue weighted by molar-refractivity contribution is 6.42. The highest BCUT2D eigenvalue weighted by Gasteiger charge is 2.21. The van der Waals surface area contributed by atoms with Crippen LogP contribution in [0.5, 0.6) is 0 Å². The number of nitrogens with zero attached hydrogens (tertiary/aromatic N) is 3. The summed E-state index contributed by atoms with van der Waals surface area (Å²) < 4.78 is 5.74. The lowest BCUT2D eigenvalue weighted by atomic mass is 10.1. The van der Waals surface area contributed by atoms with E-state index in [1.807, 2.05) is 38.1 Å². The summed E-state index contributed by atoms with van der Waals surface area (Å²) in [6, 6.07) is 12.6. The molecule has 0 saturated heterocycles. The van der Waals surface area contributed by atoms with Gasteiger partial charge < -0.3 is 9.32 Å². The molecule has 0 bridgehead atoms. The second kappa shape index (κ2) is 9.61. The van der Waals surface area contributed by atoms with Crippen molar-refractivity contribution >= 4 is 40.7 Å². The maximum Gasteiger partial charge on any atom is 0.249 e. The molecule has 0 aliphatic heterocycles. The van der Waals surface area contributed by atoms with Gasteiger partial charge in [-0.25, -0.2) is 0 Å². The van der Waals surface area contributed by atoms with Crippen molar-refractivity contribution in [2.24, 2.45) is 0 Å². The van der Waals surface area contributed by atoms with Crippen LogP contribution in [0.4, 0.5) is 0 Å². The first kappa shape index (κ1) is 21.6. The van der Waals surface area contributed by atoms with E-state index in [2.05, 4.69) is 10.2 Å². The van der Waals surface area contributed by atoms with Crippen LogP contribution in [0.15, 0.2) is 46.9 Å². The molecule has 29 heavy (non-hydrogen) atoms. The average Bonchev–Trinajstić information content (AvgIpc) is 3.15. The van der Waals surface area contributed by atoms with Crippen molar-refractivity contribution < 1.29 is 9.21 Å². The van der Waals surface area contributed by atoms with Gasteiger partial charge in [-0.1, -0.05) is 59.1 Å². The number of halogens is 3. The first-order chi connectivity index (χ1) is 13.9. The topological polar surface area (TPSA) is 59.2 Å². The summed E-state index contributed by atoms with van der Waals surface area (Å²) in [5.41, 5.74) is 1.50. The fraction of sp³-hybridized carbons (Fsp3) is 0.286. The third kappa shape index (κ3) is 5.30. The minimum atomic E-state index is -0.0343. The van der Waals surface area contributed by atoms with Crippen LogP contribution >= 0.6 is 34.8 Å². The highest BCUT2D eigenvalue weighted by Crippen LogP contribution is 2.28. The molecule has 0 spiro atoms. The molecule has 0 atom stereocenters. The predicted octanol–water partition coefficient (Wildman–Crippen LogP) is 6.07. The maximum atomic E-state index is 12.8. The van der Waals surface area contributed by atoms with Crippen molar-refractivity contribution in [3.05, 3.63) is 69.0 Å². The molecule has 8 heteroatoms. The number of carbonyl (C=O) groups excluding carboxylic acids is 1. The molecule has 0 unspecified atom stereocenters. The zero-order chi connectivity index (χ0) is 21.0. The Labute approximate surface area is 184 Å². The van der Waals surface area contributed by atoms with Crippen molar-refractivity contribution in [2.45, 2.75) is 39.3 Å². The van der Waals surface area contributed by atoms with E-state index in [1.165, 1.54) is 0 Å². The van der Waals surface area contributed by atoms with Gasteiger partial charge in [-0.05, 0) is 44.0 Å². The van der Waals surface area contributed by atoms with Gasteiger partial charge in [0.25, 0.3) is 0 Å². The van der Waals surface area contributed by atoms with E-state index in [-0.39, 0.29) is 18.5 Å². The van der Waals surface area contributed by atoms with E-state index in [4.69, 9.17) is 39.2 Å². The standard InChI is InChI=1S/C21H20Cl3N3O2/c1-13(2)27(19(28)11-10-14-6-5-9-17(23)20(14)24)12-18-25-26-21(29-18)15-7-3-4-8-16(15)22/h3-9,13H,10-12H2,1-2H3. The molecule has 5 nitrogen and oxygen atoms in total. The molecule has 0 radical (unpaired) electrons. The van der Waals surface area contributed by atoms with Gasteiger partial charge in [0, 0.05) is 12.5 Å². The number of amides is 1. The molecule has 0 saturated carbocycles. The quantitative estimate of drug-likeness (QED) is 0.437. The third-order valence-electron chi connectivity index (χ3n) is 4.46. The van der Waals surface area contributed by atoms with E-state index in [9.17, 15) is 4.79 Å². The first-order valence-corrected chi connectivity index (χ1v) is 10.3. The van der Waals surface area contributed by atoms with Gasteiger partial charge in [-0.3, -0.25) is 4.79 Å². The summed E-state index contributed by atoms with van der Waals surface area (Å²) in [6.07, 6.45) is 0.792. The Hall–Kier alpha value is -2.08. The van der Waals surface area contributed by atoms with Gasteiger partial charge in [0.15, 0.2) is 0 Å². The number of rotatable bonds is 7. The van der Waals surface area contributed by atoms with Crippen LogP contribution < -0.4 is 0 Å². The smallest absolute Gasteiger partial charge is 0.249 e. The molecule has 0 aliphatic carbocycles. The lowest BCUT2D eigenvalue weighted by Crippen LogP contribution is -2.36. The van der Waals surface area contributed by atoms with Crippen molar-refractivity contribution in [1.82, 2.24) is 15.1 Å². The summed E-state index contributed by atoms with van der Waals surface area (Å²) >= 11 is 18.5. The number of carbonyl (C=O) groups is 1. The van der Waals surface area contributed by atoms with Crippen LogP contribution in [0, 0.1) is 0 Å². The first-order valence-electron chi connectivity index (χ1n) is 9.16. The molecule has 3 rings (SSSR count). The van der Waals surface area contributed by atoms with Gasteiger partial charge in [0.05, 0.1) is 27.2 Å². The molecule has 1 amide bonds. The van der Waals surface area contributed by atoms with E-state index in [0.717, 1.165) is 5.56 Å². The summed E-state index contributed by atoms with van der Waals surface area (Å²) in [5, 5.41) is 9.63. The molecule has 1 heterocycles. The van der Waals surface area contributed by atoms with Crippen molar-refractivity contribution in [1.29, 1.82) is 0 Å². The lowest BCUT2D eigenvalue weighted by molar-refractivity contribution is -0.133. The molecular formula is C21H20Cl3N3O2. The number of hydrogen-bond acceptors (Lipinski definition) is 4. The predicted molar refractivity (Wildman–Crippen MR) is 115 cm³/mol. The SMILES string of the molecule is CC(C)N(Cc1nnc(-c2ccccc2Cl)o1)C(=O)CCc1cccc(Cl)c1Cl. The van der Waals surface area contributed by atoms with Gasteiger partial charge in [-0.2, -0.15) is 0 Å². The largest absolute Gasteiger partial charge is 0.419 e. The van der Waals surface area contributed by atoms with Crippen molar-refractivity contribution in [3.63, 3.8) is 0 Å². The monoisotopic (exact) mass is 451 g/mol. The van der Waals surface area contributed by atoms with Crippen molar-refractivity contribution in [3.8, 4) is 11.5 Å². The highest BCUT2D eigenvalue weighted by atomic mass is 35.5. The Kier molecular flexibility index (Phi) is 7.17. The Morgan fingerprint density at radius 2 is 1.76 bits per heavy atom. The van der Waals surface area contributed by atoms with Crippen LogP contribution in [0.3, 0.4) is 0 Å². The molecule has 3 aromatic rings. The number of hydrogen-bond donors (Lipinski definition) is 0. The zero-order valence-electron chi connectivity index (χ0n) is 16.0. The van der Waals surface area contributed by atoms with Crippen molar-refractivity contribution in [2.75, 3.05) is 0 Å². The van der Waals surface area contributed by atoms with Gasteiger partial charge in [0.1, 0.15) is 0 Å². The number of benzene rings is 2. The summed E-state index contributed by atoms with van der Waals surface area (Å²) in [7, 11) is 0. The zero-order valence-corrected chi connectivity index (χ0v) is 18.3. The lowest BCUT2D eigenvalue weighted by Gasteiger charge is -2.25. The van der Waals surface area contributed by atoms with E-state index >= 15 is 0 Å². The Morgan fingerprint density at radius 3 is 2.48 bits per heavy atom. The van der Waals surface area contributed by atoms with Gasteiger partial charge in [-0.15, -0.1) is 10.2 Å². The molecule has 2 aromatic carbocycles. The molecule has 0 fully saturated rings. The fourth-order valence-electron chi connectivity index (χ4n) is 2.89. The fourth-order valence-corrected chi connectivity index (χ4v) is 3.52. The molecule has 0 N–H and O–H groups in total. The second-order valence-electron chi connectivity index (χ2n) is 6.81. The minimum Gasteiger partial charge on any atom is -0.419 e. The Bertz CT molecular complexity index is 1000. The van der Waals surface area contributed by atoms with Gasteiger partial charge >= 0.3 is 0 Å². The molecule has 152 valence electrons. The van der Waals surface area contributed by atoms with Gasteiger partial charge in [0.2, 0.25) is 17.7 Å². The van der Waals surface area contributed by atoms with E-state index < -0.39 is 0 Å².